The number of carbonyl (C=O) groups is 1. The van der Waals surface area contributed by atoms with Crippen LogP contribution in [0.4, 0.5) is 0 Å². The van der Waals surface area contributed by atoms with Gasteiger partial charge in [0.15, 0.2) is 5.03 Å². The SMILES string of the molecule is CCC(CC)C(=O)N1CCCN(S(=O)(=O)c2cnc[nH]2)CC1. The fourth-order valence-electron chi connectivity index (χ4n) is 2.77. The second-order valence-electron chi connectivity index (χ2n) is 5.51. The van der Waals surface area contributed by atoms with Gasteiger partial charge in [0, 0.05) is 32.1 Å². The van der Waals surface area contributed by atoms with Crippen LogP contribution in [0.15, 0.2) is 17.6 Å². The zero-order valence-corrected chi connectivity index (χ0v) is 14.0. The number of hydrogen-bond acceptors (Lipinski definition) is 4. The lowest BCUT2D eigenvalue weighted by atomic mass is 10.0. The molecule has 1 aliphatic rings. The first kappa shape index (κ1) is 17.0. The summed E-state index contributed by atoms with van der Waals surface area (Å²) < 4.78 is 26.4. The summed E-state index contributed by atoms with van der Waals surface area (Å²) in [5.41, 5.74) is 0. The zero-order chi connectivity index (χ0) is 16.2. The van der Waals surface area contributed by atoms with E-state index in [1.165, 1.54) is 16.8 Å². The van der Waals surface area contributed by atoms with Crippen molar-refractivity contribution in [3.05, 3.63) is 12.5 Å². The number of aromatic nitrogens is 2. The topological polar surface area (TPSA) is 86.4 Å². The first-order valence-corrected chi connectivity index (χ1v) is 9.22. The van der Waals surface area contributed by atoms with Crippen LogP contribution >= 0.6 is 0 Å². The summed E-state index contributed by atoms with van der Waals surface area (Å²) in [6.07, 6.45) is 4.96. The van der Waals surface area contributed by atoms with Crippen LogP contribution in [-0.2, 0) is 14.8 Å². The lowest BCUT2D eigenvalue weighted by Crippen LogP contribution is -2.39. The molecule has 124 valence electrons. The molecule has 1 fully saturated rings. The maximum absolute atomic E-state index is 12.5. The third-order valence-electron chi connectivity index (χ3n) is 4.19. The molecule has 0 spiro atoms. The van der Waals surface area contributed by atoms with Gasteiger partial charge in [0.1, 0.15) is 0 Å². The quantitative estimate of drug-likeness (QED) is 0.876. The first-order valence-electron chi connectivity index (χ1n) is 7.78. The van der Waals surface area contributed by atoms with E-state index >= 15 is 0 Å². The molecular formula is C14H24N4O3S. The minimum absolute atomic E-state index is 0.0377. The van der Waals surface area contributed by atoms with Gasteiger partial charge in [-0.25, -0.2) is 13.4 Å². The molecule has 1 aliphatic heterocycles. The summed E-state index contributed by atoms with van der Waals surface area (Å²) in [7, 11) is -3.55. The van der Waals surface area contributed by atoms with Crippen LogP contribution in [0.25, 0.3) is 0 Å². The Morgan fingerprint density at radius 2 is 2.00 bits per heavy atom. The number of sulfonamides is 1. The van der Waals surface area contributed by atoms with E-state index in [1.54, 1.807) is 4.90 Å². The molecule has 8 heteroatoms. The third kappa shape index (κ3) is 3.49. The molecule has 1 aromatic rings. The maximum atomic E-state index is 12.5. The smallest absolute Gasteiger partial charge is 0.260 e. The minimum atomic E-state index is -3.55. The molecule has 1 saturated heterocycles. The Bertz CT molecular complexity index is 581. The molecule has 0 aliphatic carbocycles. The molecule has 22 heavy (non-hydrogen) atoms. The number of nitrogens with one attached hydrogen (secondary N) is 1. The van der Waals surface area contributed by atoms with Gasteiger partial charge in [-0.15, -0.1) is 0 Å². The molecule has 2 heterocycles. The molecule has 2 rings (SSSR count). The highest BCUT2D eigenvalue weighted by molar-refractivity contribution is 7.89. The second kappa shape index (κ2) is 7.23. The van der Waals surface area contributed by atoms with Crippen LogP contribution in [0.3, 0.4) is 0 Å². The number of nitrogens with zero attached hydrogens (tertiary/aromatic N) is 3. The van der Waals surface area contributed by atoms with E-state index in [0.29, 0.717) is 32.6 Å². The van der Waals surface area contributed by atoms with Crippen molar-refractivity contribution < 1.29 is 13.2 Å². The average Bonchev–Trinajstić information content (AvgIpc) is 2.93. The van der Waals surface area contributed by atoms with Crippen LogP contribution in [0.5, 0.6) is 0 Å². The molecule has 0 atom stereocenters. The lowest BCUT2D eigenvalue weighted by molar-refractivity contribution is -0.135. The molecule has 0 aromatic carbocycles. The predicted octanol–water partition coefficient (Wildman–Crippen LogP) is 1.07. The Morgan fingerprint density at radius 3 is 2.59 bits per heavy atom. The van der Waals surface area contributed by atoms with E-state index in [4.69, 9.17) is 0 Å². The molecular weight excluding hydrogens is 304 g/mol. The number of carbonyl (C=O) groups excluding carboxylic acids is 1. The molecule has 0 radical (unpaired) electrons. The Hall–Kier alpha value is -1.41. The highest BCUT2D eigenvalue weighted by atomic mass is 32.2. The highest BCUT2D eigenvalue weighted by Gasteiger charge is 2.30. The molecule has 0 bridgehead atoms. The largest absolute Gasteiger partial charge is 0.341 e. The van der Waals surface area contributed by atoms with E-state index in [0.717, 1.165) is 12.8 Å². The molecule has 1 amide bonds. The number of imidazole rings is 1. The Labute approximate surface area is 131 Å². The van der Waals surface area contributed by atoms with Crippen molar-refractivity contribution in [1.29, 1.82) is 0 Å². The summed E-state index contributed by atoms with van der Waals surface area (Å²) in [4.78, 5) is 20.7. The van der Waals surface area contributed by atoms with Crippen molar-refractivity contribution in [1.82, 2.24) is 19.2 Å². The van der Waals surface area contributed by atoms with Crippen molar-refractivity contribution >= 4 is 15.9 Å². The normalized spacial score (nSPS) is 17.7. The summed E-state index contributed by atoms with van der Waals surface area (Å²) in [6.45, 7) is 5.84. The van der Waals surface area contributed by atoms with Gasteiger partial charge in [-0.2, -0.15) is 4.31 Å². The monoisotopic (exact) mass is 328 g/mol. The van der Waals surface area contributed by atoms with Crippen LogP contribution < -0.4 is 0 Å². The molecule has 7 nitrogen and oxygen atoms in total. The fourth-order valence-corrected chi connectivity index (χ4v) is 4.14. The van der Waals surface area contributed by atoms with Crippen LogP contribution in [0, 0.1) is 5.92 Å². The van der Waals surface area contributed by atoms with Crippen LogP contribution in [0.1, 0.15) is 33.1 Å². The first-order chi connectivity index (χ1) is 10.5. The lowest BCUT2D eigenvalue weighted by Gasteiger charge is -2.25. The molecule has 0 unspecified atom stereocenters. The number of rotatable bonds is 5. The Kier molecular flexibility index (Phi) is 5.57. The zero-order valence-electron chi connectivity index (χ0n) is 13.2. The van der Waals surface area contributed by atoms with Gasteiger partial charge in [0.2, 0.25) is 5.91 Å². The van der Waals surface area contributed by atoms with Gasteiger partial charge in [0.05, 0.1) is 12.5 Å². The van der Waals surface area contributed by atoms with Crippen LogP contribution in [-0.4, -0.2) is 59.7 Å². The van der Waals surface area contributed by atoms with Gasteiger partial charge < -0.3 is 9.88 Å². The van der Waals surface area contributed by atoms with Gasteiger partial charge in [0.25, 0.3) is 10.0 Å². The van der Waals surface area contributed by atoms with Gasteiger partial charge in [-0.1, -0.05) is 13.8 Å². The standard InChI is InChI=1S/C14H24N4O3S/c1-3-12(4-2)14(19)17-6-5-7-18(9-8-17)22(20,21)13-10-15-11-16-13/h10-12H,3-9H2,1-2H3,(H,15,16). The maximum Gasteiger partial charge on any atom is 0.260 e. The van der Waals surface area contributed by atoms with Crippen LogP contribution in [0.2, 0.25) is 0 Å². The van der Waals surface area contributed by atoms with Crippen molar-refractivity contribution in [2.45, 2.75) is 38.1 Å². The number of aromatic amines is 1. The molecule has 1 aromatic heterocycles. The van der Waals surface area contributed by atoms with Crippen molar-refractivity contribution in [3.63, 3.8) is 0 Å². The molecule has 1 N–H and O–H groups in total. The van der Waals surface area contributed by atoms with E-state index in [1.807, 2.05) is 13.8 Å². The van der Waals surface area contributed by atoms with E-state index in [-0.39, 0.29) is 16.9 Å². The fraction of sp³-hybridized carbons (Fsp3) is 0.714. The number of hydrogen-bond donors (Lipinski definition) is 1. The molecule has 0 saturated carbocycles. The second-order valence-corrected chi connectivity index (χ2v) is 7.42. The van der Waals surface area contributed by atoms with Gasteiger partial charge in [-0.3, -0.25) is 4.79 Å². The predicted molar refractivity (Wildman–Crippen MR) is 82.6 cm³/mol. The van der Waals surface area contributed by atoms with Crippen molar-refractivity contribution in [2.75, 3.05) is 26.2 Å². The number of amides is 1. The summed E-state index contributed by atoms with van der Waals surface area (Å²) >= 11 is 0. The highest BCUT2D eigenvalue weighted by Crippen LogP contribution is 2.18. The van der Waals surface area contributed by atoms with E-state index < -0.39 is 10.0 Å². The Morgan fingerprint density at radius 1 is 1.27 bits per heavy atom. The summed E-state index contributed by atoms with van der Waals surface area (Å²) in [5.74, 6) is 0.182. The summed E-state index contributed by atoms with van der Waals surface area (Å²) in [5, 5.41) is 0.104. The van der Waals surface area contributed by atoms with E-state index in [2.05, 4.69) is 9.97 Å². The number of H-pyrrole nitrogens is 1. The Balaban J connectivity index is 2.06. The van der Waals surface area contributed by atoms with Gasteiger partial charge >= 0.3 is 0 Å². The third-order valence-corrected chi connectivity index (χ3v) is 6.02. The van der Waals surface area contributed by atoms with Gasteiger partial charge in [-0.05, 0) is 19.3 Å². The minimum Gasteiger partial charge on any atom is -0.341 e. The van der Waals surface area contributed by atoms with E-state index in [9.17, 15) is 13.2 Å². The average molecular weight is 328 g/mol. The summed E-state index contributed by atoms with van der Waals surface area (Å²) in [6, 6.07) is 0. The van der Waals surface area contributed by atoms with Crippen molar-refractivity contribution in [3.8, 4) is 0 Å². The van der Waals surface area contributed by atoms with Crippen molar-refractivity contribution in [2.24, 2.45) is 5.92 Å².